The third kappa shape index (κ3) is 2.10. The van der Waals surface area contributed by atoms with Crippen LogP contribution in [-0.2, 0) is 18.4 Å². The number of carbonyl (C=O) groups excluding carboxylic acids is 1. The highest BCUT2D eigenvalue weighted by atomic mass is 16.2. The Morgan fingerprint density at radius 3 is 2.95 bits per heavy atom. The van der Waals surface area contributed by atoms with Crippen LogP contribution in [0.5, 0.6) is 0 Å². The highest BCUT2D eigenvalue weighted by molar-refractivity contribution is 5.89. The Kier molecular flexibility index (Phi) is 2.60. The van der Waals surface area contributed by atoms with E-state index in [0.29, 0.717) is 6.54 Å². The summed E-state index contributed by atoms with van der Waals surface area (Å²) < 4.78 is 2.05. The lowest BCUT2D eigenvalue weighted by molar-refractivity contribution is -0.123. The first-order valence-electron chi connectivity index (χ1n) is 6.49. The smallest absolute Gasteiger partial charge is 0.240 e. The van der Waals surface area contributed by atoms with E-state index in [1.54, 1.807) is 0 Å². The molecule has 0 saturated heterocycles. The average molecular weight is 258 g/mol. The lowest BCUT2D eigenvalue weighted by atomic mass is 10.2. The van der Waals surface area contributed by atoms with Crippen molar-refractivity contribution in [2.24, 2.45) is 12.8 Å². The van der Waals surface area contributed by atoms with E-state index in [1.807, 2.05) is 32.2 Å². The van der Waals surface area contributed by atoms with Gasteiger partial charge in [-0.15, -0.1) is 0 Å². The summed E-state index contributed by atoms with van der Waals surface area (Å²) in [4.78, 5) is 16.3. The van der Waals surface area contributed by atoms with Crippen molar-refractivity contribution in [3.05, 3.63) is 29.6 Å². The van der Waals surface area contributed by atoms with Crippen molar-refractivity contribution in [1.29, 1.82) is 0 Å². The predicted octanol–water partition coefficient (Wildman–Crippen LogP) is 0.989. The van der Waals surface area contributed by atoms with Crippen LogP contribution < -0.4 is 11.1 Å². The Balaban J connectivity index is 1.76. The van der Waals surface area contributed by atoms with Crippen molar-refractivity contribution in [1.82, 2.24) is 14.9 Å². The Hall–Kier alpha value is -1.88. The lowest BCUT2D eigenvalue weighted by Gasteiger charge is -2.10. The molecule has 1 saturated carbocycles. The maximum atomic E-state index is 11.8. The average Bonchev–Trinajstić information content (AvgIpc) is 3.08. The molecule has 1 amide bonds. The molecule has 1 aromatic heterocycles. The highest BCUT2D eigenvalue weighted by Gasteiger charge is 2.45. The number of hydrogen-bond acceptors (Lipinski definition) is 3. The van der Waals surface area contributed by atoms with Crippen LogP contribution in [0.15, 0.2) is 18.2 Å². The molecule has 100 valence electrons. The molecule has 0 bridgehead atoms. The molecule has 1 aliphatic carbocycles. The number of imidazole rings is 1. The van der Waals surface area contributed by atoms with Gasteiger partial charge < -0.3 is 15.6 Å². The first-order valence-corrected chi connectivity index (χ1v) is 6.49. The summed E-state index contributed by atoms with van der Waals surface area (Å²) in [6.45, 7) is 2.48. The van der Waals surface area contributed by atoms with Crippen LogP contribution in [0, 0.1) is 6.92 Å². The van der Waals surface area contributed by atoms with Crippen molar-refractivity contribution in [3.63, 3.8) is 0 Å². The molecule has 0 radical (unpaired) electrons. The molecule has 1 fully saturated rings. The van der Waals surface area contributed by atoms with Crippen LogP contribution in [0.1, 0.15) is 24.2 Å². The lowest BCUT2D eigenvalue weighted by Crippen LogP contribution is -2.42. The Morgan fingerprint density at radius 1 is 1.53 bits per heavy atom. The fraction of sp³-hybridized carbons (Fsp3) is 0.429. The minimum atomic E-state index is -0.605. The van der Waals surface area contributed by atoms with Gasteiger partial charge in [0, 0.05) is 13.6 Å². The van der Waals surface area contributed by atoms with Gasteiger partial charge in [0.1, 0.15) is 5.82 Å². The fourth-order valence-electron chi connectivity index (χ4n) is 2.20. The summed E-state index contributed by atoms with van der Waals surface area (Å²) in [6, 6.07) is 6.06. The number of nitrogens with zero attached hydrogens (tertiary/aromatic N) is 2. The van der Waals surface area contributed by atoms with Crippen molar-refractivity contribution >= 4 is 16.9 Å². The topological polar surface area (TPSA) is 72.9 Å². The second-order valence-electron chi connectivity index (χ2n) is 5.38. The van der Waals surface area contributed by atoms with E-state index < -0.39 is 5.54 Å². The number of fused-ring (bicyclic) bond motifs is 1. The predicted molar refractivity (Wildman–Crippen MR) is 73.5 cm³/mol. The summed E-state index contributed by atoms with van der Waals surface area (Å²) in [5.41, 5.74) is 8.34. The monoisotopic (exact) mass is 258 g/mol. The van der Waals surface area contributed by atoms with Gasteiger partial charge in [-0.3, -0.25) is 4.79 Å². The molecule has 5 nitrogen and oxygen atoms in total. The number of aromatic nitrogens is 2. The maximum Gasteiger partial charge on any atom is 0.240 e. The second kappa shape index (κ2) is 4.06. The van der Waals surface area contributed by atoms with Gasteiger partial charge in [0.15, 0.2) is 0 Å². The molecule has 1 heterocycles. The summed E-state index contributed by atoms with van der Waals surface area (Å²) in [7, 11) is 2.00. The number of rotatable bonds is 3. The first kappa shape index (κ1) is 12.2. The minimum absolute atomic E-state index is 0.0511. The van der Waals surface area contributed by atoms with Gasteiger partial charge in [-0.05, 0) is 37.5 Å². The van der Waals surface area contributed by atoms with E-state index in [-0.39, 0.29) is 5.91 Å². The number of amides is 1. The van der Waals surface area contributed by atoms with Crippen LogP contribution in [-0.4, -0.2) is 21.0 Å². The summed E-state index contributed by atoms with van der Waals surface area (Å²) in [5.74, 6) is 0.930. The molecule has 1 aromatic carbocycles. The molecular formula is C14H18N4O. The zero-order chi connectivity index (χ0) is 13.6. The minimum Gasteiger partial charge on any atom is -0.350 e. The van der Waals surface area contributed by atoms with Crippen LogP contribution in [0.2, 0.25) is 0 Å². The molecule has 3 rings (SSSR count). The van der Waals surface area contributed by atoms with Crippen molar-refractivity contribution in [2.45, 2.75) is 31.8 Å². The van der Waals surface area contributed by atoms with Crippen LogP contribution in [0.4, 0.5) is 0 Å². The van der Waals surface area contributed by atoms with Gasteiger partial charge in [-0.2, -0.15) is 0 Å². The van der Waals surface area contributed by atoms with Gasteiger partial charge in [-0.25, -0.2) is 4.98 Å². The zero-order valence-electron chi connectivity index (χ0n) is 11.2. The summed E-state index contributed by atoms with van der Waals surface area (Å²) >= 11 is 0. The van der Waals surface area contributed by atoms with Crippen molar-refractivity contribution < 1.29 is 4.79 Å². The SMILES string of the molecule is Cc1nc2cc(CNC(=O)C3(N)CC3)ccc2n1C. The van der Waals surface area contributed by atoms with E-state index in [2.05, 4.69) is 14.9 Å². The van der Waals surface area contributed by atoms with E-state index >= 15 is 0 Å². The maximum absolute atomic E-state index is 11.8. The quantitative estimate of drug-likeness (QED) is 0.862. The van der Waals surface area contributed by atoms with Gasteiger partial charge in [0.25, 0.3) is 0 Å². The molecule has 19 heavy (non-hydrogen) atoms. The van der Waals surface area contributed by atoms with E-state index in [9.17, 15) is 4.79 Å². The molecule has 0 unspecified atom stereocenters. The third-order valence-corrected chi connectivity index (χ3v) is 3.86. The third-order valence-electron chi connectivity index (χ3n) is 3.86. The van der Waals surface area contributed by atoms with Crippen molar-refractivity contribution in [2.75, 3.05) is 0 Å². The largest absolute Gasteiger partial charge is 0.350 e. The number of hydrogen-bond donors (Lipinski definition) is 2. The standard InChI is InChI=1S/C14H18N4O/c1-9-17-11-7-10(3-4-12(11)18(9)2)8-16-13(19)14(15)5-6-14/h3-4,7H,5-6,8,15H2,1-2H3,(H,16,19). The first-order chi connectivity index (χ1) is 8.99. The second-order valence-corrected chi connectivity index (χ2v) is 5.38. The number of benzene rings is 1. The Labute approximate surface area is 111 Å². The highest BCUT2D eigenvalue weighted by Crippen LogP contribution is 2.32. The van der Waals surface area contributed by atoms with Crippen LogP contribution in [0.25, 0.3) is 11.0 Å². The Bertz CT molecular complexity index is 655. The van der Waals surface area contributed by atoms with Crippen molar-refractivity contribution in [3.8, 4) is 0 Å². The van der Waals surface area contributed by atoms with Gasteiger partial charge >= 0.3 is 0 Å². The summed E-state index contributed by atoms with van der Waals surface area (Å²) in [5, 5.41) is 2.89. The molecule has 1 aliphatic rings. The van der Waals surface area contributed by atoms with Gasteiger partial charge in [0.2, 0.25) is 5.91 Å². The van der Waals surface area contributed by atoms with E-state index in [1.165, 1.54) is 0 Å². The summed E-state index contributed by atoms with van der Waals surface area (Å²) in [6.07, 6.45) is 1.58. The molecule has 5 heteroatoms. The van der Waals surface area contributed by atoms with Gasteiger partial charge in [-0.1, -0.05) is 6.07 Å². The number of aryl methyl sites for hydroxylation is 2. The van der Waals surface area contributed by atoms with Crippen LogP contribution >= 0.6 is 0 Å². The molecule has 0 aliphatic heterocycles. The van der Waals surface area contributed by atoms with Gasteiger partial charge in [0.05, 0.1) is 16.6 Å². The zero-order valence-corrected chi connectivity index (χ0v) is 11.2. The molecule has 3 N–H and O–H groups in total. The van der Waals surface area contributed by atoms with E-state index in [0.717, 1.165) is 35.3 Å². The van der Waals surface area contributed by atoms with E-state index in [4.69, 9.17) is 5.73 Å². The fourth-order valence-corrected chi connectivity index (χ4v) is 2.20. The normalized spacial score (nSPS) is 16.6. The van der Waals surface area contributed by atoms with Crippen LogP contribution in [0.3, 0.4) is 0 Å². The molecule has 0 atom stereocenters. The number of nitrogens with two attached hydrogens (primary N) is 1. The number of carbonyl (C=O) groups is 1. The molecule has 0 spiro atoms. The number of nitrogens with one attached hydrogen (secondary N) is 1. The Morgan fingerprint density at radius 2 is 2.26 bits per heavy atom. The molecular weight excluding hydrogens is 240 g/mol. The molecule has 2 aromatic rings.